The molecule has 0 atom stereocenters. The molecule has 3 aromatic rings. The summed E-state index contributed by atoms with van der Waals surface area (Å²) in [6.45, 7) is 1.84. The second-order valence-corrected chi connectivity index (χ2v) is 6.53. The smallest absolute Gasteiger partial charge is 0.270 e. The van der Waals surface area contributed by atoms with Crippen molar-refractivity contribution in [3.8, 4) is 11.5 Å². The van der Waals surface area contributed by atoms with Gasteiger partial charge in [-0.2, -0.15) is 0 Å². The van der Waals surface area contributed by atoms with E-state index < -0.39 is 0 Å². The summed E-state index contributed by atoms with van der Waals surface area (Å²) >= 11 is 0. The fourth-order valence-corrected chi connectivity index (χ4v) is 2.59. The summed E-state index contributed by atoms with van der Waals surface area (Å²) in [5, 5.41) is 6.09. The number of amides is 1. The fourth-order valence-electron chi connectivity index (χ4n) is 2.59. The van der Waals surface area contributed by atoms with Crippen LogP contribution in [-0.2, 0) is 0 Å². The third-order valence-electron chi connectivity index (χ3n) is 4.09. The number of rotatable bonds is 6. The summed E-state index contributed by atoms with van der Waals surface area (Å²) in [5.41, 5.74) is 1.92. The number of benzene rings is 2. The molecule has 4 rings (SSSR count). The van der Waals surface area contributed by atoms with E-state index in [1.807, 2.05) is 61.5 Å². The third-order valence-corrected chi connectivity index (χ3v) is 4.09. The molecule has 1 fully saturated rings. The monoisotopic (exact) mass is 360 g/mol. The van der Waals surface area contributed by atoms with Crippen LogP contribution in [-0.4, -0.2) is 21.9 Å². The maximum absolute atomic E-state index is 12.2. The van der Waals surface area contributed by atoms with E-state index in [1.165, 1.54) is 0 Å². The van der Waals surface area contributed by atoms with E-state index in [0.717, 1.165) is 35.7 Å². The lowest BCUT2D eigenvalue weighted by Gasteiger charge is -2.10. The van der Waals surface area contributed by atoms with E-state index >= 15 is 0 Å². The van der Waals surface area contributed by atoms with Gasteiger partial charge in [-0.05, 0) is 62.2 Å². The van der Waals surface area contributed by atoms with E-state index in [4.69, 9.17) is 4.74 Å². The van der Waals surface area contributed by atoms with Crippen LogP contribution < -0.4 is 15.4 Å². The van der Waals surface area contributed by atoms with Crippen LogP contribution in [0.3, 0.4) is 0 Å². The highest BCUT2D eigenvalue weighted by molar-refractivity contribution is 5.93. The van der Waals surface area contributed by atoms with Crippen molar-refractivity contribution in [1.29, 1.82) is 0 Å². The Labute approximate surface area is 157 Å². The van der Waals surface area contributed by atoms with Crippen molar-refractivity contribution in [1.82, 2.24) is 15.3 Å². The van der Waals surface area contributed by atoms with Crippen LogP contribution in [0.2, 0.25) is 0 Å². The van der Waals surface area contributed by atoms with Crippen LogP contribution in [0.5, 0.6) is 11.5 Å². The standard InChI is InChI=1S/C21H20N4O2/c1-14-13-19(20(26)23-15-7-8-15)25-21(22-14)24-16-9-11-18(12-10-16)27-17-5-3-2-4-6-17/h2-6,9-13,15H,7-8H2,1H3,(H,23,26)(H,22,24,25). The highest BCUT2D eigenvalue weighted by Gasteiger charge is 2.24. The van der Waals surface area contributed by atoms with Crippen LogP contribution in [0.4, 0.5) is 11.6 Å². The molecule has 2 N–H and O–H groups in total. The Morgan fingerprint density at radius 2 is 1.70 bits per heavy atom. The number of carbonyl (C=O) groups is 1. The molecule has 27 heavy (non-hydrogen) atoms. The first-order chi connectivity index (χ1) is 13.2. The molecule has 1 aliphatic rings. The average Bonchev–Trinajstić information content (AvgIpc) is 3.48. The summed E-state index contributed by atoms with van der Waals surface area (Å²) < 4.78 is 5.78. The molecule has 0 radical (unpaired) electrons. The van der Waals surface area contributed by atoms with Gasteiger partial charge >= 0.3 is 0 Å². The summed E-state index contributed by atoms with van der Waals surface area (Å²) in [4.78, 5) is 20.9. The van der Waals surface area contributed by atoms with E-state index in [0.29, 0.717) is 17.7 Å². The Morgan fingerprint density at radius 3 is 2.41 bits per heavy atom. The van der Waals surface area contributed by atoms with Crippen LogP contribution in [0, 0.1) is 6.92 Å². The molecule has 6 heteroatoms. The first kappa shape index (κ1) is 17.0. The molecule has 0 unspecified atom stereocenters. The summed E-state index contributed by atoms with van der Waals surface area (Å²) in [6, 6.07) is 19.1. The average molecular weight is 360 g/mol. The van der Waals surface area contributed by atoms with Gasteiger partial charge in [-0.1, -0.05) is 18.2 Å². The first-order valence-electron chi connectivity index (χ1n) is 8.92. The van der Waals surface area contributed by atoms with Crippen LogP contribution in [0.15, 0.2) is 60.7 Å². The van der Waals surface area contributed by atoms with Crippen molar-refractivity contribution in [2.75, 3.05) is 5.32 Å². The highest BCUT2D eigenvalue weighted by atomic mass is 16.5. The molecular weight excluding hydrogens is 340 g/mol. The van der Waals surface area contributed by atoms with E-state index in [1.54, 1.807) is 6.07 Å². The van der Waals surface area contributed by atoms with Gasteiger partial charge < -0.3 is 15.4 Å². The number of aryl methyl sites for hydroxylation is 1. The molecular formula is C21H20N4O2. The zero-order chi connectivity index (χ0) is 18.6. The molecule has 136 valence electrons. The molecule has 6 nitrogen and oxygen atoms in total. The number of carbonyl (C=O) groups excluding carboxylic acids is 1. The van der Waals surface area contributed by atoms with E-state index in [9.17, 15) is 4.79 Å². The van der Waals surface area contributed by atoms with Gasteiger partial charge in [-0.25, -0.2) is 9.97 Å². The molecule has 0 aliphatic heterocycles. The second-order valence-electron chi connectivity index (χ2n) is 6.53. The fraction of sp³-hybridized carbons (Fsp3) is 0.190. The quantitative estimate of drug-likeness (QED) is 0.688. The lowest BCUT2D eigenvalue weighted by molar-refractivity contribution is 0.0946. The molecule has 1 heterocycles. The van der Waals surface area contributed by atoms with Gasteiger partial charge in [0.15, 0.2) is 0 Å². The predicted octanol–water partition coefficient (Wildman–Crippen LogP) is 4.21. The Balaban J connectivity index is 1.45. The van der Waals surface area contributed by atoms with Crippen LogP contribution in [0.25, 0.3) is 0 Å². The molecule has 0 spiro atoms. The zero-order valence-electron chi connectivity index (χ0n) is 15.0. The van der Waals surface area contributed by atoms with Crippen molar-refractivity contribution in [3.63, 3.8) is 0 Å². The normalized spacial score (nSPS) is 13.1. The molecule has 1 saturated carbocycles. The topological polar surface area (TPSA) is 76.1 Å². The maximum Gasteiger partial charge on any atom is 0.270 e. The number of hydrogen-bond donors (Lipinski definition) is 2. The van der Waals surface area contributed by atoms with Gasteiger partial charge in [0.1, 0.15) is 17.2 Å². The number of nitrogens with zero attached hydrogens (tertiary/aromatic N) is 2. The highest BCUT2D eigenvalue weighted by Crippen LogP contribution is 2.24. The van der Waals surface area contributed by atoms with Gasteiger partial charge in [-0.3, -0.25) is 4.79 Å². The summed E-state index contributed by atoms with van der Waals surface area (Å²) in [5.74, 6) is 1.76. The van der Waals surface area contributed by atoms with E-state index in [-0.39, 0.29) is 5.91 Å². The first-order valence-corrected chi connectivity index (χ1v) is 8.92. The Hall–Kier alpha value is -3.41. The molecule has 0 bridgehead atoms. The molecule has 2 aromatic carbocycles. The van der Waals surface area contributed by atoms with E-state index in [2.05, 4.69) is 20.6 Å². The summed E-state index contributed by atoms with van der Waals surface area (Å²) in [6.07, 6.45) is 2.08. The zero-order valence-corrected chi connectivity index (χ0v) is 15.0. The predicted molar refractivity (Wildman–Crippen MR) is 103 cm³/mol. The third kappa shape index (κ3) is 4.61. The second kappa shape index (κ2) is 7.45. The minimum Gasteiger partial charge on any atom is -0.457 e. The Kier molecular flexibility index (Phi) is 4.70. The number of anilines is 2. The van der Waals surface area contributed by atoms with Crippen LogP contribution >= 0.6 is 0 Å². The van der Waals surface area contributed by atoms with Crippen LogP contribution in [0.1, 0.15) is 29.0 Å². The van der Waals surface area contributed by atoms with Crippen molar-refractivity contribution in [2.45, 2.75) is 25.8 Å². The SMILES string of the molecule is Cc1cc(C(=O)NC2CC2)nc(Nc2ccc(Oc3ccccc3)cc2)n1. The summed E-state index contributed by atoms with van der Waals surface area (Å²) in [7, 11) is 0. The van der Waals surface area contributed by atoms with Gasteiger partial charge in [-0.15, -0.1) is 0 Å². The number of nitrogens with one attached hydrogen (secondary N) is 2. The van der Waals surface area contributed by atoms with Gasteiger partial charge in [0.2, 0.25) is 5.95 Å². The lowest BCUT2D eigenvalue weighted by atomic mass is 10.3. The molecule has 1 amide bonds. The van der Waals surface area contributed by atoms with Crippen molar-refractivity contribution < 1.29 is 9.53 Å². The minimum absolute atomic E-state index is 0.155. The maximum atomic E-state index is 12.2. The molecule has 1 aliphatic carbocycles. The lowest BCUT2D eigenvalue weighted by Crippen LogP contribution is -2.26. The van der Waals surface area contributed by atoms with Crippen molar-refractivity contribution >= 4 is 17.5 Å². The number of para-hydroxylation sites is 1. The molecule has 1 aromatic heterocycles. The number of aromatic nitrogens is 2. The Bertz CT molecular complexity index is 938. The van der Waals surface area contributed by atoms with Gasteiger partial charge in [0.05, 0.1) is 0 Å². The van der Waals surface area contributed by atoms with Crippen molar-refractivity contribution in [3.05, 3.63) is 72.1 Å². The van der Waals surface area contributed by atoms with Crippen molar-refractivity contribution in [2.24, 2.45) is 0 Å². The number of hydrogen-bond acceptors (Lipinski definition) is 5. The number of ether oxygens (including phenoxy) is 1. The largest absolute Gasteiger partial charge is 0.457 e. The Morgan fingerprint density at radius 1 is 1.00 bits per heavy atom. The molecule has 0 saturated heterocycles. The van der Waals surface area contributed by atoms with Gasteiger partial charge in [0, 0.05) is 17.4 Å². The minimum atomic E-state index is -0.155. The van der Waals surface area contributed by atoms with Gasteiger partial charge in [0.25, 0.3) is 5.91 Å².